The largest absolute Gasteiger partial charge is 0.507 e. The number of rotatable bonds is 2. The minimum Gasteiger partial charge on any atom is -0.507 e. The summed E-state index contributed by atoms with van der Waals surface area (Å²) in [4.78, 5) is 10.7. The number of nitrogens with one attached hydrogen (secondary N) is 1. The van der Waals surface area contributed by atoms with Crippen LogP contribution >= 0.6 is 0 Å². The van der Waals surface area contributed by atoms with Gasteiger partial charge >= 0.3 is 0 Å². The molecule has 0 heterocycles. The van der Waals surface area contributed by atoms with E-state index in [0.717, 1.165) is 16.3 Å². The molecule has 0 saturated heterocycles. The fourth-order valence-corrected chi connectivity index (χ4v) is 1.65. The van der Waals surface area contributed by atoms with Crippen molar-refractivity contribution in [1.29, 1.82) is 0 Å². The zero-order valence-electron chi connectivity index (χ0n) is 9.34. The average molecular weight is 228 g/mol. The van der Waals surface area contributed by atoms with Gasteiger partial charge in [-0.15, -0.1) is 0 Å². The van der Waals surface area contributed by atoms with Gasteiger partial charge in [0.25, 0.3) is 0 Å². The van der Waals surface area contributed by atoms with E-state index in [9.17, 15) is 9.90 Å². The minimum absolute atomic E-state index is 0.201. The van der Waals surface area contributed by atoms with Crippen molar-refractivity contribution in [2.24, 2.45) is 5.10 Å². The van der Waals surface area contributed by atoms with E-state index < -0.39 is 0 Å². The monoisotopic (exact) mass is 228 g/mol. The Labute approximate surface area is 98.6 Å². The van der Waals surface area contributed by atoms with E-state index in [-0.39, 0.29) is 11.7 Å². The number of phenols is 1. The van der Waals surface area contributed by atoms with Gasteiger partial charge in [0.2, 0.25) is 5.91 Å². The smallest absolute Gasteiger partial charge is 0.236 e. The van der Waals surface area contributed by atoms with Crippen LogP contribution in [0.1, 0.15) is 12.5 Å². The molecular formula is C13H12N2O2. The molecule has 4 nitrogen and oxygen atoms in total. The lowest BCUT2D eigenvalue weighted by Crippen LogP contribution is -2.12. The van der Waals surface area contributed by atoms with Crippen LogP contribution in [-0.4, -0.2) is 17.2 Å². The summed E-state index contributed by atoms with van der Waals surface area (Å²) in [6.07, 6.45) is 1.52. The molecule has 0 aliphatic carbocycles. The summed E-state index contributed by atoms with van der Waals surface area (Å²) in [6, 6.07) is 10.9. The number of hydrazone groups is 1. The summed E-state index contributed by atoms with van der Waals surface area (Å²) in [5.74, 6) is -0.0296. The van der Waals surface area contributed by atoms with Gasteiger partial charge in [0.05, 0.1) is 6.21 Å². The van der Waals surface area contributed by atoms with Crippen LogP contribution in [0.15, 0.2) is 41.5 Å². The van der Waals surface area contributed by atoms with E-state index >= 15 is 0 Å². The lowest BCUT2D eigenvalue weighted by Gasteiger charge is -2.03. The molecule has 0 aliphatic rings. The maximum atomic E-state index is 10.7. The topological polar surface area (TPSA) is 61.7 Å². The fraction of sp³-hybridized carbons (Fsp3) is 0.0769. The number of carbonyl (C=O) groups excluding carboxylic acids is 1. The molecule has 1 amide bonds. The zero-order valence-corrected chi connectivity index (χ0v) is 9.34. The van der Waals surface area contributed by atoms with Crippen molar-refractivity contribution in [2.75, 3.05) is 0 Å². The normalized spacial score (nSPS) is 10.9. The summed E-state index contributed by atoms with van der Waals surface area (Å²) >= 11 is 0. The van der Waals surface area contributed by atoms with Gasteiger partial charge in [-0.2, -0.15) is 5.10 Å². The van der Waals surface area contributed by atoms with Gasteiger partial charge in [-0.05, 0) is 11.5 Å². The Balaban J connectivity index is 2.47. The van der Waals surface area contributed by atoms with Gasteiger partial charge in [0.15, 0.2) is 0 Å². The predicted octanol–water partition coefficient (Wildman–Crippen LogP) is 2.02. The second-order valence-corrected chi connectivity index (χ2v) is 3.65. The Morgan fingerprint density at radius 2 is 2.00 bits per heavy atom. The van der Waals surface area contributed by atoms with Gasteiger partial charge in [-0.1, -0.05) is 30.3 Å². The third-order valence-electron chi connectivity index (χ3n) is 2.34. The Hall–Kier alpha value is -2.36. The van der Waals surface area contributed by atoms with Crippen LogP contribution in [0.25, 0.3) is 10.8 Å². The Bertz CT molecular complexity index is 586. The first-order chi connectivity index (χ1) is 8.18. The second-order valence-electron chi connectivity index (χ2n) is 3.65. The van der Waals surface area contributed by atoms with E-state index in [1.165, 1.54) is 13.1 Å². The van der Waals surface area contributed by atoms with Gasteiger partial charge in [-0.3, -0.25) is 4.79 Å². The molecule has 2 aromatic carbocycles. The summed E-state index contributed by atoms with van der Waals surface area (Å²) < 4.78 is 0. The summed E-state index contributed by atoms with van der Waals surface area (Å²) in [5, 5.41) is 15.3. The highest BCUT2D eigenvalue weighted by Crippen LogP contribution is 2.26. The Morgan fingerprint density at radius 1 is 1.29 bits per heavy atom. The number of hydrogen-bond donors (Lipinski definition) is 2. The summed E-state index contributed by atoms with van der Waals surface area (Å²) in [7, 11) is 0. The first-order valence-corrected chi connectivity index (χ1v) is 5.19. The molecule has 2 aromatic rings. The molecule has 0 spiro atoms. The van der Waals surface area contributed by atoms with Crippen LogP contribution in [0.5, 0.6) is 5.75 Å². The predicted molar refractivity (Wildman–Crippen MR) is 67.0 cm³/mol. The van der Waals surface area contributed by atoms with E-state index in [4.69, 9.17) is 0 Å². The van der Waals surface area contributed by atoms with E-state index in [2.05, 4.69) is 10.5 Å². The molecule has 2 N–H and O–H groups in total. The van der Waals surface area contributed by atoms with Crippen LogP contribution in [0, 0.1) is 0 Å². The molecule has 0 bridgehead atoms. The zero-order chi connectivity index (χ0) is 12.3. The van der Waals surface area contributed by atoms with Crippen molar-refractivity contribution in [1.82, 2.24) is 5.43 Å². The molecule has 0 saturated carbocycles. The van der Waals surface area contributed by atoms with Gasteiger partial charge < -0.3 is 5.11 Å². The molecule has 0 unspecified atom stereocenters. The van der Waals surface area contributed by atoms with E-state index in [1.807, 2.05) is 24.3 Å². The van der Waals surface area contributed by atoms with E-state index in [1.54, 1.807) is 12.1 Å². The average Bonchev–Trinajstić information content (AvgIpc) is 2.29. The van der Waals surface area contributed by atoms with Gasteiger partial charge in [-0.25, -0.2) is 5.43 Å². The lowest BCUT2D eigenvalue weighted by molar-refractivity contribution is -0.118. The molecule has 0 atom stereocenters. The number of amides is 1. The number of nitrogens with zero attached hydrogens (tertiary/aromatic N) is 1. The molecule has 0 aromatic heterocycles. The number of aromatic hydroxyl groups is 1. The highest BCUT2D eigenvalue weighted by Gasteiger charge is 2.03. The molecule has 2 rings (SSSR count). The van der Waals surface area contributed by atoms with Crippen LogP contribution in [0.4, 0.5) is 0 Å². The minimum atomic E-state index is -0.231. The Morgan fingerprint density at radius 3 is 2.71 bits per heavy atom. The number of hydrogen-bond acceptors (Lipinski definition) is 3. The van der Waals surface area contributed by atoms with Crippen molar-refractivity contribution in [3.8, 4) is 5.75 Å². The summed E-state index contributed by atoms with van der Waals surface area (Å²) in [6.45, 7) is 1.39. The standard InChI is InChI=1S/C13H12N2O2/c1-9(16)15-14-8-11-6-2-4-10-5-3-7-12(17)13(10)11/h2-8,17H,1H3,(H,15,16)/b14-8-. The molecule has 0 radical (unpaired) electrons. The van der Waals surface area contributed by atoms with Gasteiger partial charge in [0.1, 0.15) is 5.75 Å². The maximum Gasteiger partial charge on any atom is 0.236 e. The molecule has 86 valence electrons. The summed E-state index contributed by atoms with van der Waals surface area (Å²) in [5.41, 5.74) is 3.09. The third-order valence-corrected chi connectivity index (χ3v) is 2.34. The van der Waals surface area contributed by atoms with Crippen LogP contribution in [-0.2, 0) is 4.79 Å². The van der Waals surface area contributed by atoms with Crippen molar-refractivity contribution >= 4 is 22.9 Å². The molecule has 0 fully saturated rings. The van der Waals surface area contributed by atoms with Crippen LogP contribution in [0.2, 0.25) is 0 Å². The van der Waals surface area contributed by atoms with Crippen molar-refractivity contribution in [3.63, 3.8) is 0 Å². The number of fused-ring (bicyclic) bond motifs is 1. The maximum absolute atomic E-state index is 10.7. The first-order valence-electron chi connectivity index (χ1n) is 5.19. The fourth-order valence-electron chi connectivity index (χ4n) is 1.65. The van der Waals surface area contributed by atoms with Crippen molar-refractivity contribution in [3.05, 3.63) is 42.0 Å². The highest BCUT2D eigenvalue weighted by atomic mass is 16.3. The Kier molecular flexibility index (Phi) is 3.05. The second kappa shape index (κ2) is 4.65. The SMILES string of the molecule is CC(=O)N/N=C\c1cccc2cccc(O)c12. The molecular weight excluding hydrogens is 216 g/mol. The quantitative estimate of drug-likeness (QED) is 0.610. The third kappa shape index (κ3) is 2.42. The molecule has 17 heavy (non-hydrogen) atoms. The number of carbonyl (C=O) groups is 1. The molecule has 4 heteroatoms. The van der Waals surface area contributed by atoms with E-state index in [0.29, 0.717) is 0 Å². The van der Waals surface area contributed by atoms with Crippen LogP contribution in [0.3, 0.4) is 0 Å². The van der Waals surface area contributed by atoms with Gasteiger partial charge in [0, 0.05) is 17.9 Å². The number of phenolic OH excluding ortho intramolecular Hbond substituents is 1. The lowest BCUT2D eigenvalue weighted by atomic mass is 10.0. The highest BCUT2D eigenvalue weighted by molar-refractivity contribution is 6.03. The van der Waals surface area contributed by atoms with Crippen molar-refractivity contribution < 1.29 is 9.90 Å². The molecule has 0 aliphatic heterocycles. The van der Waals surface area contributed by atoms with Crippen LogP contribution < -0.4 is 5.43 Å². The first kappa shape index (κ1) is 11.1. The van der Waals surface area contributed by atoms with Crippen molar-refractivity contribution in [2.45, 2.75) is 6.92 Å². The number of benzene rings is 2.